The molecule has 0 amide bonds. The van der Waals surface area contributed by atoms with Gasteiger partial charge in [-0.05, 0) is 61.8 Å². The first kappa shape index (κ1) is 21.5. The van der Waals surface area contributed by atoms with Gasteiger partial charge in [0.15, 0.2) is 11.6 Å². The van der Waals surface area contributed by atoms with E-state index in [-0.39, 0.29) is 16.8 Å². The van der Waals surface area contributed by atoms with Crippen molar-refractivity contribution in [2.45, 2.75) is 39.2 Å². The fourth-order valence-electron chi connectivity index (χ4n) is 4.87. The number of pyridine rings is 1. The zero-order valence-electron chi connectivity index (χ0n) is 18.7. The van der Waals surface area contributed by atoms with Crippen LogP contribution in [-0.2, 0) is 0 Å². The number of benzene rings is 1. The van der Waals surface area contributed by atoms with Crippen LogP contribution in [0.3, 0.4) is 0 Å². The topological polar surface area (TPSA) is 79.4 Å². The molecule has 1 atom stereocenters. The van der Waals surface area contributed by atoms with Crippen molar-refractivity contribution in [3.05, 3.63) is 32.5 Å². The highest BCUT2D eigenvalue weighted by Gasteiger charge is 2.34. The number of aromatic amines is 1. The van der Waals surface area contributed by atoms with E-state index >= 15 is 4.39 Å². The minimum absolute atomic E-state index is 0.112. The Balaban J connectivity index is 1.63. The monoisotopic (exact) mass is 460 g/mol. The second-order valence-electron chi connectivity index (χ2n) is 9.43. The van der Waals surface area contributed by atoms with Crippen molar-refractivity contribution in [1.82, 2.24) is 14.3 Å². The number of anilines is 1. The van der Waals surface area contributed by atoms with E-state index in [2.05, 4.69) is 23.5 Å². The van der Waals surface area contributed by atoms with Crippen molar-refractivity contribution in [2.75, 3.05) is 38.2 Å². The van der Waals surface area contributed by atoms with Crippen LogP contribution in [0.5, 0.6) is 5.75 Å². The number of aromatic nitrogens is 2. The molecule has 1 aliphatic heterocycles. The molecule has 7 nitrogen and oxygen atoms in total. The second kappa shape index (κ2) is 8.19. The van der Waals surface area contributed by atoms with Crippen LogP contribution in [0.1, 0.15) is 39.2 Å². The van der Waals surface area contributed by atoms with Gasteiger partial charge in [0.05, 0.1) is 18.0 Å². The van der Waals surface area contributed by atoms with Gasteiger partial charge in [-0.25, -0.2) is 4.39 Å². The predicted octanol–water partition coefficient (Wildman–Crippen LogP) is 3.46. The Labute approximate surface area is 189 Å². The first-order valence-corrected chi connectivity index (χ1v) is 12.1. The summed E-state index contributed by atoms with van der Waals surface area (Å²) >= 11 is 1.17. The lowest BCUT2D eigenvalue weighted by molar-refractivity contribution is 0.413. The molecular weight excluding hydrogens is 431 g/mol. The van der Waals surface area contributed by atoms with Gasteiger partial charge >= 0.3 is 0 Å². The van der Waals surface area contributed by atoms with Crippen molar-refractivity contribution in [2.24, 2.45) is 11.8 Å². The van der Waals surface area contributed by atoms with E-state index in [0.29, 0.717) is 33.6 Å². The Kier molecular flexibility index (Phi) is 5.49. The molecule has 1 unspecified atom stereocenters. The van der Waals surface area contributed by atoms with E-state index < -0.39 is 16.8 Å². The highest BCUT2D eigenvalue weighted by Crippen LogP contribution is 2.46. The summed E-state index contributed by atoms with van der Waals surface area (Å²) in [6.45, 7) is 7.70. The van der Waals surface area contributed by atoms with Crippen LogP contribution >= 0.6 is 11.5 Å². The molecular formula is C23H29FN4O3S. The summed E-state index contributed by atoms with van der Waals surface area (Å²) in [6, 6.07) is 1.49. The van der Waals surface area contributed by atoms with Gasteiger partial charge in [-0.3, -0.25) is 14.0 Å². The van der Waals surface area contributed by atoms with Crippen LogP contribution in [-0.4, -0.2) is 42.2 Å². The van der Waals surface area contributed by atoms with Crippen LogP contribution < -0.4 is 25.9 Å². The number of hydrogen-bond acceptors (Lipinski definition) is 6. The number of H-pyrrole nitrogens is 1. The lowest BCUT2D eigenvalue weighted by Gasteiger charge is -2.25. The van der Waals surface area contributed by atoms with E-state index in [1.165, 1.54) is 24.7 Å². The van der Waals surface area contributed by atoms with Crippen LogP contribution in [0.2, 0.25) is 0 Å². The van der Waals surface area contributed by atoms with Gasteiger partial charge in [0.2, 0.25) is 5.43 Å². The number of ether oxygens (including phenoxy) is 1. The minimum Gasteiger partial charge on any atom is -0.492 e. The molecule has 32 heavy (non-hydrogen) atoms. The highest BCUT2D eigenvalue weighted by molar-refractivity contribution is 7.12. The summed E-state index contributed by atoms with van der Waals surface area (Å²) < 4.78 is 26.0. The third kappa shape index (κ3) is 3.51. The highest BCUT2D eigenvalue weighted by atomic mass is 32.1. The lowest BCUT2D eigenvalue weighted by atomic mass is 10.1. The SMILES string of the molecule is COc1c(N2CCC(CNCC(C)C)C2)c(F)cc2c(=O)c3c(=O)[nH]sc3n(C3CC3)c12. The summed E-state index contributed by atoms with van der Waals surface area (Å²) in [7, 11) is 1.53. The predicted molar refractivity (Wildman–Crippen MR) is 127 cm³/mol. The first-order chi connectivity index (χ1) is 15.4. The normalized spacial score (nSPS) is 19.0. The van der Waals surface area contributed by atoms with Crippen molar-refractivity contribution in [1.29, 1.82) is 0 Å². The molecule has 2 fully saturated rings. The van der Waals surface area contributed by atoms with E-state index in [9.17, 15) is 9.59 Å². The number of fused-ring (bicyclic) bond motifs is 2. The van der Waals surface area contributed by atoms with Crippen LogP contribution in [0.25, 0.3) is 21.1 Å². The molecule has 9 heteroatoms. The zero-order chi connectivity index (χ0) is 22.6. The fraction of sp³-hybridized carbons (Fsp3) is 0.565. The Morgan fingerprint density at radius 3 is 2.78 bits per heavy atom. The van der Waals surface area contributed by atoms with Crippen LogP contribution in [0.15, 0.2) is 15.7 Å². The quantitative estimate of drug-likeness (QED) is 0.565. The maximum absolute atomic E-state index is 15.5. The summed E-state index contributed by atoms with van der Waals surface area (Å²) in [5.41, 5.74) is 0.171. The minimum atomic E-state index is -0.476. The standard InChI is InChI=1S/C23H29FN4O3S/c1-12(2)9-25-10-13-6-7-27(11-13)19-16(24)8-15-18(21(19)31-3)28(14-4-5-14)23-17(20(15)29)22(30)26-32-23/h8,12-14,25H,4-7,9-11H2,1-3H3,(H,26,30). The largest absolute Gasteiger partial charge is 0.492 e. The summed E-state index contributed by atoms with van der Waals surface area (Å²) in [5.74, 6) is 0.931. The number of methoxy groups -OCH3 is 1. The van der Waals surface area contributed by atoms with Crippen molar-refractivity contribution >= 4 is 38.3 Å². The zero-order valence-corrected chi connectivity index (χ0v) is 19.5. The van der Waals surface area contributed by atoms with Crippen LogP contribution in [0.4, 0.5) is 10.1 Å². The van der Waals surface area contributed by atoms with Gasteiger partial charge in [0, 0.05) is 19.1 Å². The van der Waals surface area contributed by atoms with E-state index in [1.54, 1.807) is 0 Å². The first-order valence-electron chi connectivity index (χ1n) is 11.3. The summed E-state index contributed by atoms with van der Waals surface area (Å²) in [4.78, 5) is 28.1. The molecule has 5 rings (SSSR count). The molecule has 0 radical (unpaired) electrons. The molecule has 3 heterocycles. The van der Waals surface area contributed by atoms with Gasteiger partial charge in [-0.2, -0.15) is 0 Å². The number of halogens is 1. The third-order valence-corrected chi connectivity index (χ3v) is 7.38. The number of nitrogens with one attached hydrogen (secondary N) is 2. The molecule has 1 saturated carbocycles. The molecule has 0 bridgehead atoms. The van der Waals surface area contributed by atoms with Crippen molar-refractivity contribution < 1.29 is 9.13 Å². The maximum atomic E-state index is 15.5. The molecule has 1 aromatic carbocycles. The average Bonchev–Trinajstić information content (AvgIpc) is 3.36. The molecule has 1 aliphatic carbocycles. The summed E-state index contributed by atoms with van der Waals surface area (Å²) in [5, 5.41) is 3.83. The Bertz CT molecular complexity index is 1290. The Morgan fingerprint density at radius 1 is 1.31 bits per heavy atom. The van der Waals surface area contributed by atoms with Gasteiger partial charge in [-0.1, -0.05) is 13.8 Å². The van der Waals surface area contributed by atoms with E-state index in [4.69, 9.17) is 4.74 Å². The maximum Gasteiger partial charge on any atom is 0.271 e. The Hall–Kier alpha value is -2.39. The average molecular weight is 461 g/mol. The molecule has 1 saturated heterocycles. The van der Waals surface area contributed by atoms with Crippen molar-refractivity contribution in [3.63, 3.8) is 0 Å². The van der Waals surface area contributed by atoms with E-state index in [1.807, 2.05) is 9.47 Å². The lowest BCUT2D eigenvalue weighted by Crippen LogP contribution is -2.29. The molecule has 2 N–H and O–H groups in total. The molecule has 2 aliphatic rings. The smallest absolute Gasteiger partial charge is 0.271 e. The second-order valence-corrected chi connectivity index (χ2v) is 10.2. The van der Waals surface area contributed by atoms with Gasteiger partial charge < -0.3 is 19.5 Å². The van der Waals surface area contributed by atoms with Gasteiger partial charge in [0.1, 0.15) is 15.9 Å². The number of rotatable bonds is 7. The molecule has 172 valence electrons. The Morgan fingerprint density at radius 2 is 2.09 bits per heavy atom. The molecule has 0 spiro atoms. The third-order valence-electron chi connectivity index (χ3n) is 6.50. The van der Waals surface area contributed by atoms with Gasteiger partial charge in [-0.15, -0.1) is 0 Å². The number of nitrogens with zero attached hydrogens (tertiary/aromatic N) is 2. The molecule has 2 aromatic heterocycles. The number of hydrogen-bond donors (Lipinski definition) is 2. The van der Waals surface area contributed by atoms with Gasteiger partial charge in [0.25, 0.3) is 5.56 Å². The summed E-state index contributed by atoms with van der Waals surface area (Å²) in [6.07, 6.45) is 2.89. The van der Waals surface area contributed by atoms with E-state index in [0.717, 1.165) is 45.4 Å². The van der Waals surface area contributed by atoms with Crippen molar-refractivity contribution in [3.8, 4) is 5.75 Å². The molecule has 3 aromatic rings. The fourth-order valence-corrected chi connectivity index (χ4v) is 5.78. The van der Waals surface area contributed by atoms with Crippen LogP contribution in [0, 0.1) is 17.7 Å².